The van der Waals surface area contributed by atoms with Crippen LogP contribution in [0.15, 0.2) is 42.6 Å². The maximum absolute atomic E-state index is 6.16. The number of pyridine rings is 1. The minimum Gasteiger partial charge on any atom is -0.492 e. The first-order valence-electron chi connectivity index (χ1n) is 6.39. The molecule has 1 aliphatic heterocycles. The van der Waals surface area contributed by atoms with Crippen LogP contribution in [0.3, 0.4) is 0 Å². The third-order valence-corrected chi connectivity index (χ3v) is 3.58. The van der Waals surface area contributed by atoms with E-state index in [0.717, 1.165) is 30.0 Å². The van der Waals surface area contributed by atoms with Crippen LogP contribution in [0.5, 0.6) is 5.75 Å². The zero-order valence-electron chi connectivity index (χ0n) is 10.5. The number of fused-ring (bicyclic) bond motifs is 1. The summed E-state index contributed by atoms with van der Waals surface area (Å²) in [6, 6.07) is 12.1. The van der Waals surface area contributed by atoms with Crippen LogP contribution in [0.1, 0.15) is 23.7 Å². The van der Waals surface area contributed by atoms with Crippen LogP contribution in [0.2, 0.25) is 5.02 Å². The third-order valence-electron chi connectivity index (χ3n) is 3.28. The number of hydrogen-bond donors (Lipinski definition) is 1. The van der Waals surface area contributed by atoms with Crippen molar-refractivity contribution in [3.05, 3.63) is 58.9 Å². The van der Waals surface area contributed by atoms with Crippen molar-refractivity contribution in [2.45, 2.75) is 19.0 Å². The fourth-order valence-electron chi connectivity index (χ4n) is 2.33. The second-order valence-electron chi connectivity index (χ2n) is 4.55. The number of nitrogens with one attached hydrogen (secondary N) is 1. The number of aromatic nitrogens is 1. The summed E-state index contributed by atoms with van der Waals surface area (Å²) in [5.74, 6) is 0.814. The van der Waals surface area contributed by atoms with Crippen LogP contribution in [0.4, 0.5) is 0 Å². The lowest BCUT2D eigenvalue weighted by molar-refractivity contribution is 0.252. The average molecular weight is 275 g/mol. The first-order chi connectivity index (χ1) is 9.34. The number of nitrogens with zero attached hydrogens (tertiary/aromatic N) is 1. The van der Waals surface area contributed by atoms with Gasteiger partial charge in [0.25, 0.3) is 0 Å². The molecule has 1 aliphatic rings. The Labute approximate surface area is 117 Å². The lowest BCUT2D eigenvalue weighted by Crippen LogP contribution is -2.27. The van der Waals surface area contributed by atoms with Crippen molar-refractivity contribution in [1.82, 2.24) is 10.3 Å². The van der Waals surface area contributed by atoms with E-state index in [1.54, 1.807) is 0 Å². The minimum atomic E-state index is 0.268. The summed E-state index contributed by atoms with van der Waals surface area (Å²) in [4.78, 5) is 4.32. The molecule has 0 radical (unpaired) electrons. The van der Waals surface area contributed by atoms with Crippen LogP contribution >= 0.6 is 11.6 Å². The molecule has 2 heterocycles. The molecule has 1 atom stereocenters. The van der Waals surface area contributed by atoms with E-state index in [1.165, 1.54) is 0 Å². The van der Waals surface area contributed by atoms with Gasteiger partial charge in [-0.2, -0.15) is 0 Å². The number of halogens is 1. The molecular formula is C15H15ClN2O. The highest BCUT2D eigenvalue weighted by Crippen LogP contribution is 2.37. The Morgan fingerprint density at radius 3 is 3.05 bits per heavy atom. The van der Waals surface area contributed by atoms with Crippen LogP contribution in [-0.2, 0) is 6.54 Å². The number of para-hydroxylation sites is 1. The molecular weight excluding hydrogens is 260 g/mol. The molecule has 0 fully saturated rings. The lowest BCUT2D eigenvalue weighted by atomic mass is 10.0. The summed E-state index contributed by atoms with van der Waals surface area (Å²) in [6.07, 6.45) is 2.76. The molecule has 1 N–H and O–H groups in total. The number of hydrogen-bond acceptors (Lipinski definition) is 3. The Balaban J connectivity index is 1.75. The zero-order valence-corrected chi connectivity index (χ0v) is 11.2. The van der Waals surface area contributed by atoms with Crippen LogP contribution in [0, 0.1) is 0 Å². The largest absolute Gasteiger partial charge is 0.492 e. The van der Waals surface area contributed by atoms with Crippen molar-refractivity contribution in [1.29, 1.82) is 0 Å². The summed E-state index contributed by atoms with van der Waals surface area (Å²) in [5.41, 5.74) is 2.17. The molecule has 0 amide bonds. The van der Waals surface area contributed by atoms with Crippen molar-refractivity contribution in [3.8, 4) is 5.75 Å². The van der Waals surface area contributed by atoms with E-state index in [0.29, 0.717) is 11.6 Å². The normalized spacial score (nSPS) is 17.6. The first kappa shape index (κ1) is 12.5. The van der Waals surface area contributed by atoms with Crippen LogP contribution in [0.25, 0.3) is 0 Å². The number of benzene rings is 1. The van der Waals surface area contributed by atoms with E-state index in [2.05, 4.69) is 16.4 Å². The van der Waals surface area contributed by atoms with Gasteiger partial charge in [0, 0.05) is 30.8 Å². The molecule has 0 spiro atoms. The number of ether oxygens (including phenoxy) is 1. The van der Waals surface area contributed by atoms with Gasteiger partial charge in [-0.05, 0) is 18.2 Å². The maximum atomic E-state index is 6.16. The molecule has 1 aromatic carbocycles. The molecule has 3 rings (SSSR count). The molecule has 0 saturated carbocycles. The topological polar surface area (TPSA) is 34.1 Å². The van der Waals surface area contributed by atoms with E-state index in [1.807, 2.05) is 36.5 Å². The fourth-order valence-corrected chi connectivity index (χ4v) is 2.57. The van der Waals surface area contributed by atoms with Crippen molar-refractivity contribution < 1.29 is 4.74 Å². The maximum Gasteiger partial charge on any atom is 0.142 e. The first-order valence-corrected chi connectivity index (χ1v) is 6.77. The Morgan fingerprint density at radius 1 is 1.26 bits per heavy atom. The van der Waals surface area contributed by atoms with Gasteiger partial charge in [-0.25, -0.2) is 0 Å². The molecule has 3 nitrogen and oxygen atoms in total. The molecule has 1 unspecified atom stereocenters. The Kier molecular flexibility index (Phi) is 3.67. The van der Waals surface area contributed by atoms with Crippen molar-refractivity contribution >= 4 is 11.6 Å². The Morgan fingerprint density at radius 2 is 2.21 bits per heavy atom. The minimum absolute atomic E-state index is 0.268. The predicted octanol–water partition coefficient (Wildman–Crippen LogP) is 3.35. The Bertz CT molecular complexity index is 559. The summed E-state index contributed by atoms with van der Waals surface area (Å²) in [7, 11) is 0. The second-order valence-corrected chi connectivity index (χ2v) is 4.96. The summed E-state index contributed by atoms with van der Waals surface area (Å²) in [5, 5.41) is 4.20. The smallest absolute Gasteiger partial charge is 0.142 e. The molecule has 0 bridgehead atoms. The Hall–Kier alpha value is -1.58. The van der Waals surface area contributed by atoms with Gasteiger partial charge in [-0.3, -0.25) is 4.98 Å². The van der Waals surface area contributed by atoms with E-state index in [9.17, 15) is 0 Å². The monoisotopic (exact) mass is 274 g/mol. The van der Waals surface area contributed by atoms with Gasteiger partial charge in [0.1, 0.15) is 5.75 Å². The predicted molar refractivity (Wildman–Crippen MR) is 75.4 cm³/mol. The highest BCUT2D eigenvalue weighted by molar-refractivity contribution is 6.32. The van der Waals surface area contributed by atoms with Gasteiger partial charge < -0.3 is 10.1 Å². The van der Waals surface area contributed by atoms with Gasteiger partial charge in [-0.15, -0.1) is 0 Å². The molecule has 0 saturated heterocycles. The quantitative estimate of drug-likeness (QED) is 0.932. The number of rotatable bonds is 3. The van der Waals surface area contributed by atoms with Gasteiger partial charge in [0.05, 0.1) is 17.3 Å². The van der Waals surface area contributed by atoms with Gasteiger partial charge in [0.2, 0.25) is 0 Å². The van der Waals surface area contributed by atoms with E-state index >= 15 is 0 Å². The highest BCUT2D eigenvalue weighted by Gasteiger charge is 2.22. The van der Waals surface area contributed by atoms with E-state index in [4.69, 9.17) is 16.3 Å². The fraction of sp³-hybridized carbons (Fsp3) is 0.267. The highest BCUT2D eigenvalue weighted by atomic mass is 35.5. The lowest BCUT2D eigenvalue weighted by Gasteiger charge is -2.27. The zero-order chi connectivity index (χ0) is 13.1. The summed E-state index contributed by atoms with van der Waals surface area (Å²) < 4.78 is 5.65. The van der Waals surface area contributed by atoms with Crippen molar-refractivity contribution in [2.75, 3.05) is 6.61 Å². The van der Waals surface area contributed by atoms with Gasteiger partial charge in [-0.1, -0.05) is 29.8 Å². The SMILES string of the molecule is Clc1cccc2c1OCCC2NCc1ccccn1. The van der Waals surface area contributed by atoms with Gasteiger partial charge in [0.15, 0.2) is 0 Å². The van der Waals surface area contributed by atoms with Gasteiger partial charge >= 0.3 is 0 Å². The third kappa shape index (κ3) is 2.72. The molecule has 1 aromatic heterocycles. The second kappa shape index (κ2) is 5.59. The molecule has 0 aliphatic carbocycles. The molecule has 2 aromatic rings. The van der Waals surface area contributed by atoms with Crippen LogP contribution in [-0.4, -0.2) is 11.6 Å². The summed E-state index contributed by atoms with van der Waals surface area (Å²) >= 11 is 6.16. The van der Waals surface area contributed by atoms with E-state index < -0.39 is 0 Å². The van der Waals surface area contributed by atoms with E-state index in [-0.39, 0.29) is 6.04 Å². The standard InChI is InChI=1S/C15H15ClN2O/c16-13-6-3-5-12-14(7-9-19-15(12)13)18-10-11-4-1-2-8-17-11/h1-6,8,14,18H,7,9-10H2. The molecule has 98 valence electrons. The molecule has 4 heteroatoms. The van der Waals surface area contributed by atoms with Crippen molar-refractivity contribution in [3.63, 3.8) is 0 Å². The summed E-state index contributed by atoms with van der Waals surface area (Å²) in [6.45, 7) is 1.44. The van der Waals surface area contributed by atoms with Crippen molar-refractivity contribution in [2.24, 2.45) is 0 Å². The average Bonchev–Trinajstić information content (AvgIpc) is 2.47. The van der Waals surface area contributed by atoms with Crippen LogP contribution < -0.4 is 10.1 Å². The molecule has 19 heavy (non-hydrogen) atoms.